The molecule has 4 aromatic rings. The van der Waals surface area contributed by atoms with Crippen LogP contribution in [0, 0.1) is 0 Å². The Morgan fingerprint density at radius 3 is 2.32 bits per heavy atom. The topological polar surface area (TPSA) is 90.6 Å². The third kappa shape index (κ3) is 6.04. The molecular formula is C31H32BrN5O4. The summed E-state index contributed by atoms with van der Waals surface area (Å²) in [5.74, 6) is -0.474. The van der Waals surface area contributed by atoms with Gasteiger partial charge in [-0.3, -0.25) is 9.69 Å². The molecule has 1 amide bonds. The average Bonchev–Trinajstić information content (AvgIpc) is 3.25. The lowest BCUT2D eigenvalue weighted by atomic mass is 10.00. The minimum absolute atomic E-state index is 0.0390. The third-order valence-corrected chi connectivity index (χ3v) is 8.12. The molecule has 1 aromatic heterocycles. The Morgan fingerprint density at radius 1 is 0.976 bits per heavy atom. The molecule has 0 aliphatic carbocycles. The van der Waals surface area contributed by atoms with E-state index in [4.69, 9.17) is 9.73 Å². The van der Waals surface area contributed by atoms with Crippen LogP contribution in [-0.4, -0.2) is 90.0 Å². The number of aromatic nitrogens is 1. The molecule has 0 radical (unpaired) electrons. The van der Waals surface area contributed by atoms with Gasteiger partial charge in [0.15, 0.2) is 0 Å². The van der Waals surface area contributed by atoms with Crippen LogP contribution in [0.2, 0.25) is 0 Å². The number of fused-ring (bicyclic) bond motifs is 1. The van der Waals surface area contributed by atoms with Crippen molar-refractivity contribution in [1.29, 1.82) is 0 Å². The van der Waals surface area contributed by atoms with E-state index in [1.165, 1.54) is 10.7 Å². The number of ether oxygens (including phenoxy) is 1. The Morgan fingerprint density at radius 2 is 1.66 bits per heavy atom. The van der Waals surface area contributed by atoms with E-state index >= 15 is 0 Å². The van der Waals surface area contributed by atoms with E-state index in [-0.39, 0.29) is 11.8 Å². The van der Waals surface area contributed by atoms with E-state index in [1.54, 1.807) is 30.1 Å². The number of benzene rings is 3. The summed E-state index contributed by atoms with van der Waals surface area (Å²) in [6.45, 7) is 4.07. The number of hydrogen-bond acceptors (Lipinski definition) is 7. The fourth-order valence-corrected chi connectivity index (χ4v) is 5.38. The molecule has 41 heavy (non-hydrogen) atoms. The highest BCUT2D eigenvalue weighted by molar-refractivity contribution is 9.08. The molecule has 1 N–H and O–H groups in total. The van der Waals surface area contributed by atoms with E-state index in [0.717, 1.165) is 37.4 Å². The van der Waals surface area contributed by atoms with Crippen LogP contribution in [-0.2, 0) is 9.53 Å². The number of likely N-dealkylation sites (N-methyl/N-ethyl adjacent to an activating group) is 2. The number of halogens is 1. The highest BCUT2D eigenvalue weighted by Crippen LogP contribution is 2.36. The molecule has 9 nitrogen and oxygen atoms in total. The lowest BCUT2D eigenvalue weighted by molar-refractivity contribution is -0.119. The average molecular weight is 619 g/mol. The first kappa shape index (κ1) is 28.5. The van der Waals surface area contributed by atoms with Gasteiger partial charge in [0, 0.05) is 49.9 Å². The van der Waals surface area contributed by atoms with Crippen LogP contribution in [0.1, 0.15) is 21.5 Å². The summed E-state index contributed by atoms with van der Waals surface area (Å²) in [4.78, 5) is 36.2. The zero-order valence-corrected chi connectivity index (χ0v) is 24.8. The van der Waals surface area contributed by atoms with Crippen molar-refractivity contribution in [2.24, 2.45) is 4.99 Å². The lowest BCUT2D eigenvalue weighted by Crippen LogP contribution is -2.48. The minimum Gasteiger partial charge on any atom is -0.493 e. The van der Waals surface area contributed by atoms with Crippen LogP contribution in [0.25, 0.3) is 10.9 Å². The van der Waals surface area contributed by atoms with Crippen LogP contribution in [0.5, 0.6) is 5.88 Å². The maximum absolute atomic E-state index is 13.0. The van der Waals surface area contributed by atoms with E-state index in [1.807, 2.05) is 54.6 Å². The quantitative estimate of drug-likeness (QED) is 0.239. The number of aliphatic imine (C=N–C) groups is 1. The first-order valence-corrected chi connectivity index (χ1v) is 14.0. The highest BCUT2D eigenvalue weighted by atomic mass is 79.9. The Labute approximate surface area is 247 Å². The fourth-order valence-electron chi connectivity index (χ4n) is 4.90. The zero-order chi connectivity index (χ0) is 29.1. The van der Waals surface area contributed by atoms with Gasteiger partial charge in [0.25, 0.3) is 0 Å². The number of carbonyl (C=O) groups excluding carboxylic acids is 2. The SMILES string of the molecule is COC(=O)c1ccc2c(C(=Nc3ccc(N(C)C(=O)CN4CCN(C)CC4)cc3)c3ccccc3)c(O)n(Br)c2c1. The second kappa shape index (κ2) is 12.3. The molecule has 2 heterocycles. The molecule has 1 aliphatic rings. The van der Waals surface area contributed by atoms with Crippen molar-refractivity contribution in [2.75, 3.05) is 58.8 Å². The van der Waals surface area contributed by atoms with Gasteiger partial charge < -0.3 is 19.6 Å². The Kier molecular flexibility index (Phi) is 8.53. The Balaban J connectivity index is 1.47. The van der Waals surface area contributed by atoms with E-state index in [9.17, 15) is 14.7 Å². The van der Waals surface area contributed by atoms with Gasteiger partial charge >= 0.3 is 5.97 Å². The van der Waals surface area contributed by atoms with Crippen LogP contribution in [0.4, 0.5) is 11.4 Å². The number of carbonyl (C=O) groups is 2. The maximum atomic E-state index is 13.0. The number of methoxy groups -OCH3 is 1. The van der Waals surface area contributed by atoms with Crippen molar-refractivity contribution >= 4 is 56.0 Å². The largest absolute Gasteiger partial charge is 0.493 e. The molecule has 3 aromatic carbocycles. The molecule has 1 saturated heterocycles. The van der Waals surface area contributed by atoms with Gasteiger partial charge in [-0.25, -0.2) is 13.4 Å². The second-order valence-corrected chi connectivity index (χ2v) is 10.8. The van der Waals surface area contributed by atoms with Gasteiger partial charge in [0.1, 0.15) is 0 Å². The number of amides is 1. The Hall–Kier alpha value is -3.99. The molecule has 0 spiro atoms. The fraction of sp³-hybridized carbons (Fsp3) is 0.258. The molecule has 0 bridgehead atoms. The van der Waals surface area contributed by atoms with Gasteiger partial charge in [-0.2, -0.15) is 0 Å². The number of aromatic hydroxyl groups is 1. The van der Waals surface area contributed by atoms with Crippen molar-refractivity contribution in [3.8, 4) is 5.88 Å². The molecule has 10 heteroatoms. The number of rotatable bonds is 7. The summed E-state index contributed by atoms with van der Waals surface area (Å²) in [7, 11) is 5.21. The smallest absolute Gasteiger partial charge is 0.337 e. The molecule has 0 atom stereocenters. The van der Waals surface area contributed by atoms with E-state index < -0.39 is 5.97 Å². The van der Waals surface area contributed by atoms with Gasteiger partial charge in [-0.15, -0.1) is 0 Å². The van der Waals surface area contributed by atoms with E-state index in [0.29, 0.717) is 40.0 Å². The number of hydrogen-bond donors (Lipinski definition) is 1. The van der Waals surface area contributed by atoms with Crippen molar-refractivity contribution in [3.05, 3.63) is 89.5 Å². The van der Waals surface area contributed by atoms with Gasteiger partial charge in [-0.05, 0) is 43.4 Å². The monoisotopic (exact) mass is 617 g/mol. The minimum atomic E-state index is -0.467. The first-order valence-electron chi connectivity index (χ1n) is 13.3. The van der Waals surface area contributed by atoms with Crippen LogP contribution in [0.3, 0.4) is 0 Å². The highest BCUT2D eigenvalue weighted by Gasteiger charge is 2.23. The van der Waals surface area contributed by atoms with Gasteiger partial charge in [0.05, 0.1) is 57.8 Å². The van der Waals surface area contributed by atoms with Crippen LogP contribution < -0.4 is 4.90 Å². The van der Waals surface area contributed by atoms with Gasteiger partial charge in [-0.1, -0.05) is 36.4 Å². The summed E-state index contributed by atoms with van der Waals surface area (Å²) in [5.41, 5.74) is 4.29. The first-order chi connectivity index (χ1) is 19.8. The number of nitrogens with zero attached hydrogens (tertiary/aromatic N) is 5. The van der Waals surface area contributed by atoms with Crippen molar-refractivity contribution in [3.63, 3.8) is 0 Å². The summed E-state index contributed by atoms with van der Waals surface area (Å²) < 4.78 is 6.31. The van der Waals surface area contributed by atoms with Crippen molar-refractivity contribution in [1.82, 2.24) is 13.4 Å². The van der Waals surface area contributed by atoms with Crippen molar-refractivity contribution in [2.45, 2.75) is 0 Å². The molecule has 0 unspecified atom stereocenters. The predicted molar refractivity (Wildman–Crippen MR) is 165 cm³/mol. The predicted octanol–water partition coefficient (Wildman–Crippen LogP) is 4.67. The molecule has 212 valence electrons. The normalized spacial score (nSPS) is 14.8. The number of anilines is 1. The van der Waals surface area contributed by atoms with Crippen LogP contribution in [0.15, 0.2) is 77.8 Å². The summed E-state index contributed by atoms with van der Waals surface area (Å²) in [6, 6.07) is 22.2. The Bertz CT molecular complexity index is 1590. The molecule has 5 rings (SSSR count). The lowest BCUT2D eigenvalue weighted by Gasteiger charge is -2.32. The summed E-state index contributed by atoms with van der Waals surface area (Å²) in [5, 5.41) is 11.9. The standard InChI is InChI=1S/C31H32BrN5O4/c1-34-15-17-36(18-16-34)20-27(38)35(2)24-12-10-23(11-13-24)33-29(21-7-5-4-6-8-21)28-25-14-9-22(31(40)41-3)19-26(25)37(32)30(28)39/h4-14,19,39H,15-18,20H2,1-3H3. The molecule has 0 saturated carbocycles. The zero-order valence-electron chi connectivity index (χ0n) is 23.2. The molecule has 1 aliphatic heterocycles. The van der Waals surface area contributed by atoms with E-state index in [2.05, 4.69) is 33.0 Å². The van der Waals surface area contributed by atoms with Gasteiger partial charge in [0.2, 0.25) is 11.8 Å². The summed E-state index contributed by atoms with van der Waals surface area (Å²) >= 11 is 3.43. The molecular weight excluding hydrogens is 586 g/mol. The van der Waals surface area contributed by atoms with Crippen molar-refractivity contribution < 1.29 is 19.4 Å². The number of esters is 1. The number of piperazine rings is 1. The van der Waals surface area contributed by atoms with Crippen LogP contribution >= 0.6 is 16.1 Å². The summed E-state index contributed by atoms with van der Waals surface area (Å²) in [6.07, 6.45) is 0. The third-order valence-electron chi connectivity index (χ3n) is 7.40. The maximum Gasteiger partial charge on any atom is 0.337 e. The molecule has 1 fully saturated rings. The second-order valence-electron chi connectivity index (χ2n) is 10.1.